The van der Waals surface area contributed by atoms with Gasteiger partial charge in [0.1, 0.15) is 0 Å². The number of rotatable bonds is 6. The molecule has 0 radical (unpaired) electrons. The van der Waals surface area contributed by atoms with Crippen molar-refractivity contribution in [3.05, 3.63) is 35.9 Å². The van der Waals surface area contributed by atoms with E-state index in [1.165, 1.54) is 19.3 Å². The van der Waals surface area contributed by atoms with E-state index in [4.69, 9.17) is 0 Å². The minimum Gasteiger partial charge on any atom is -0.310 e. The minimum atomic E-state index is -4.13. The number of halogens is 3. The molecule has 1 aromatic carbocycles. The molecule has 0 heterocycles. The molecule has 1 saturated carbocycles. The van der Waals surface area contributed by atoms with E-state index in [0.29, 0.717) is 12.1 Å². The van der Waals surface area contributed by atoms with Crippen molar-refractivity contribution in [1.82, 2.24) is 5.32 Å². The summed E-state index contributed by atoms with van der Waals surface area (Å²) in [7, 11) is 0. The van der Waals surface area contributed by atoms with E-state index in [0.717, 1.165) is 12.3 Å². The van der Waals surface area contributed by atoms with Crippen molar-refractivity contribution in [3.63, 3.8) is 0 Å². The second-order valence-corrected chi connectivity index (χ2v) is 5.32. The molecule has 19 heavy (non-hydrogen) atoms. The fourth-order valence-electron chi connectivity index (χ4n) is 2.47. The summed E-state index contributed by atoms with van der Waals surface area (Å²) in [6.45, 7) is 0.667. The highest BCUT2D eigenvalue weighted by Crippen LogP contribution is 2.31. The SMILES string of the molecule is FC(F)(F)CC(NCCC1CCC1)c1ccccc1. The average molecular weight is 271 g/mol. The second-order valence-electron chi connectivity index (χ2n) is 5.32. The van der Waals surface area contributed by atoms with Gasteiger partial charge in [0.25, 0.3) is 0 Å². The van der Waals surface area contributed by atoms with Gasteiger partial charge in [0.15, 0.2) is 0 Å². The van der Waals surface area contributed by atoms with Gasteiger partial charge in [0.05, 0.1) is 6.42 Å². The largest absolute Gasteiger partial charge is 0.390 e. The second kappa shape index (κ2) is 6.42. The van der Waals surface area contributed by atoms with Gasteiger partial charge in [-0.25, -0.2) is 0 Å². The molecule has 1 aliphatic carbocycles. The Morgan fingerprint density at radius 3 is 2.37 bits per heavy atom. The van der Waals surface area contributed by atoms with Gasteiger partial charge < -0.3 is 5.32 Å². The summed E-state index contributed by atoms with van der Waals surface area (Å²) < 4.78 is 37.8. The van der Waals surface area contributed by atoms with Crippen LogP contribution in [-0.4, -0.2) is 12.7 Å². The Labute approximate surface area is 112 Å². The van der Waals surface area contributed by atoms with Crippen LogP contribution in [0, 0.1) is 5.92 Å². The highest BCUT2D eigenvalue weighted by atomic mass is 19.4. The molecule has 0 bridgehead atoms. The molecular weight excluding hydrogens is 251 g/mol. The van der Waals surface area contributed by atoms with E-state index < -0.39 is 18.6 Å². The molecule has 0 amide bonds. The highest BCUT2D eigenvalue weighted by Gasteiger charge is 2.32. The highest BCUT2D eigenvalue weighted by molar-refractivity contribution is 5.19. The molecule has 4 heteroatoms. The van der Waals surface area contributed by atoms with Crippen LogP contribution in [0.15, 0.2) is 30.3 Å². The molecule has 0 spiro atoms. The Morgan fingerprint density at radius 2 is 1.84 bits per heavy atom. The molecule has 1 unspecified atom stereocenters. The van der Waals surface area contributed by atoms with Crippen LogP contribution in [0.5, 0.6) is 0 Å². The molecule has 0 aliphatic heterocycles. The summed E-state index contributed by atoms with van der Waals surface area (Å²) in [5.74, 6) is 0.717. The van der Waals surface area contributed by atoms with Gasteiger partial charge in [-0.1, -0.05) is 49.6 Å². The first-order valence-corrected chi connectivity index (χ1v) is 6.90. The smallest absolute Gasteiger partial charge is 0.310 e. The van der Waals surface area contributed by atoms with Gasteiger partial charge in [-0.3, -0.25) is 0 Å². The Bertz CT molecular complexity index is 371. The van der Waals surface area contributed by atoms with E-state index in [9.17, 15) is 13.2 Å². The molecule has 0 aromatic heterocycles. The molecule has 2 rings (SSSR count). The third-order valence-corrected chi connectivity index (χ3v) is 3.81. The molecule has 1 N–H and O–H groups in total. The van der Waals surface area contributed by atoms with Crippen molar-refractivity contribution >= 4 is 0 Å². The molecule has 0 saturated heterocycles. The molecule has 1 aromatic rings. The molecule has 1 atom stereocenters. The Balaban J connectivity index is 1.89. The maximum absolute atomic E-state index is 12.6. The standard InChI is InChI=1S/C15H20F3N/c16-15(17,18)11-14(13-7-2-1-3-8-13)19-10-9-12-5-4-6-12/h1-3,7-8,12,14,19H,4-6,9-11H2. The van der Waals surface area contributed by atoms with Gasteiger partial charge >= 0.3 is 6.18 Å². The lowest BCUT2D eigenvalue weighted by atomic mass is 9.83. The van der Waals surface area contributed by atoms with Gasteiger partial charge in [0.2, 0.25) is 0 Å². The van der Waals surface area contributed by atoms with Crippen molar-refractivity contribution in [3.8, 4) is 0 Å². The van der Waals surface area contributed by atoms with Crippen molar-refractivity contribution in [1.29, 1.82) is 0 Å². The predicted octanol–water partition coefficient (Wildman–Crippen LogP) is 4.46. The summed E-state index contributed by atoms with van der Waals surface area (Å²) in [4.78, 5) is 0. The van der Waals surface area contributed by atoms with E-state index in [2.05, 4.69) is 5.32 Å². The minimum absolute atomic E-state index is 0.624. The lowest BCUT2D eigenvalue weighted by Gasteiger charge is -2.27. The van der Waals surface area contributed by atoms with Crippen LogP contribution in [0.25, 0.3) is 0 Å². The van der Waals surface area contributed by atoms with Crippen LogP contribution >= 0.6 is 0 Å². The van der Waals surface area contributed by atoms with Gasteiger partial charge in [-0.15, -0.1) is 0 Å². The Hall–Kier alpha value is -1.03. The molecule has 106 valence electrons. The molecule has 1 nitrogen and oxygen atoms in total. The molecule has 1 fully saturated rings. The molecule has 1 aliphatic rings. The number of nitrogens with one attached hydrogen (secondary N) is 1. The van der Waals surface area contributed by atoms with Crippen LogP contribution < -0.4 is 5.32 Å². The van der Waals surface area contributed by atoms with Gasteiger partial charge in [0, 0.05) is 6.04 Å². The summed E-state index contributed by atoms with van der Waals surface area (Å²) >= 11 is 0. The monoisotopic (exact) mass is 271 g/mol. The quantitative estimate of drug-likeness (QED) is 0.805. The maximum atomic E-state index is 12.6. The van der Waals surface area contributed by atoms with Gasteiger partial charge in [-0.2, -0.15) is 13.2 Å². The topological polar surface area (TPSA) is 12.0 Å². The lowest BCUT2D eigenvalue weighted by Crippen LogP contribution is -2.29. The zero-order valence-corrected chi connectivity index (χ0v) is 10.9. The molecular formula is C15H20F3N. The fourth-order valence-corrected chi connectivity index (χ4v) is 2.47. The van der Waals surface area contributed by atoms with Crippen LogP contribution in [0.2, 0.25) is 0 Å². The van der Waals surface area contributed by atoms with Gasteiger partial charge in [-0.05, 0) is 24.4 Å². The van der Waals surface area contributed by atoms with Crippen LogP contribution in [0.1, 0.15) is 43.7 Å². The third-order valence-electron chi connectivity index (χ3n) is 3.81. The normalized spacial score (nSPS) is 18.1. The Kier molecular flexibility index (Phi) is 4.86. The van der Waals surface area contributed by atoms with Crippen LogP contribution in [0.4, 0.5) is 13.2 Å². The maximum Gasteiger partial charge on any atom is 0.390 e. The van der Waals surface area contributed by atoms with Crippen LogP contribution in [0.3, 0.4) is 0 Å². The zero-order valence-electron chi connectivity index (χ0n) is 10.9. The Morgan fingerprint density at radius 1 is 1.16 bits per heavy atom. The van der Waals surface area contributed by atoms with E-state index in [1.807, 2.05) is 6.07 Å². The first kappa shape index (κ1) is 14.4. The van der Waals surface area contributed by atoms with Crippen molar-refractivity contribution in [2.45, 2.75) is 44.3 Å². The van der Waals surface area contributed by atoms with E-state index >= 15 is 0 Å². The lowest BCUT2D eigenvalue weighted by molar-refractivity contribution is -0.140. The van der Waals surface area contributed by atoms with Crippen molar-refractivity contribution < 1.29 is 13.2 Å². The average Bonchev–Trinajstić information content (AvgIpc) is 2.30. The van der Waals surface area contributed by atoms with E-state index in [1.54, 1.807) is 24.3 Å². The number of hydrogen-bond acceptors (Lipinski definition) is 1. The van der Waals surface area contributed by atoms with Crippen molar-refractivity contribution in [2.24, 2.45) is 5.92 Å². The third kappa shape index (κ3) is 4.86. The van der Waals surface area contributed by atoms with E-state index in [-0.39, 0.29) is 0 Å². The fraction of sp³-hybridized carbons (Fsp3) is 0.600. The number of benzene rings is 1. The first-order valence-electron chi connectivity index (χ1n) is 6.90. The summed E-state index contributed by atoms with van der Waals surface area (Å²) in [5.41, 5.74) is 0.716. The number of alkyl halides is 3. The van der Waals surface area contributed by atoms with Crippen LogP contribution in [-0.2, 0) is 0 Å². The first-order chi connectivity index (χ1) is 9.04. The zero-order chi connectivity index (χ0) is 13.7. The summed E-state index contributed by atoms with van der Waals surface area (Å²) in [6.07, 6.45) is -0.212. The number of hydrogen-bond donors (Lipinski definition) is 1. The summed E-state index contributed by atoms with van der Waals surface area (Å²) in [6, 6.07) is 8.28. The predicted molar refractivity (Wildman–Crippen MR) is 69.8 cm³/mol. The van der Waals surface area contributed by atoms with Crippen molar-refractivity contribution in [2.75, 3.05) is 6.54 Å². The summed E-state index contributed by atoms with van der Waals surface area (Å²) in [5, 5.41) is 3.07.